The third kappa shape index (κ3) is 7.01. The molecule has 0 saturated carbocycles. The summed E-state index contributed by atoms with van der Waals surface area (Å²) >= 11 is 0. The van der Waals surface area contributed by atoms with Crippen molar-refractivity contribution in [3.63, 3.8) is 0 Å². The van der Waals surface area contributed by atoms with Crippen LogP contribution in [0.3, 0.4) is 0 Å². The number of carbonyl (C=O) groups excluding carboxylic acids is 2. The van der Waals surface area contributed by atoms with Gasteiger partial charge in [0, 0.05) is 47.3 Å². The summed E-state index contributed by atoms with van der Waals surface area (Å²) in [7, 11) is 0. The molecule has 53 heavy (non-hydrogen) atoms. The van der Waals surface area contributed by atoms with Gasteiger partial charge in [-0.05, 0) is 69.2 Å². The highest BCUT2D eigenvalue weighted by molar-refractivity contribution is 5.97. The second-order valence-electron chi connectivity index (χ2n) is 13.6. The van der Waals surface area contributed by atoms with Gasteiger partial charge in [0.25, 0.3) is 11.8 Å². The average Bonchev–Trinajstić information content (AvgIpc) is 3.63. The minimum absolute atomic E-state index is 0.0178. The first-order valence-corrected chi connectivity index (χ1v) is 16.5. The van der Waals surface area contributed by atoms with Crippen molar-refractivity contribution in [3.8, 4) is 0 Å². The minimum Gasteiger partial charge on any atom is -0.360 e. The van der Waals surface area contributed by atoms with Gasteiger partial charge < -0.3 is 18.8 Å². The molecule has 0 bridgehead atoms. The van der Waals surface area contributed by atoms with Crippen LogP contribution in [0, 0.1) is 66.2 Å². The minimum atomic E-state index is -3.02. The van der Waals surface area contributed by atoms with E-state index in [1.165, 1.54) is 16.7 Å². The Morgan fingerprint density at radius 1 is 0.528 bits per heavy atom. The van der Waals surface area contributed by atoms with Gasteiger partial charge >= 0.3 is 0 Å². The summed E-state index contributed by atoms with van der Waals surface area (Å²) < 4.78 is 150. The Balaban J connectivity index is 2.06. The molecular formula is C36H37F9N4O4. The van der Waals surface area contributed by atoms with E-state index in [0.29, 0.717) is 0 Å². The summed E-state index contributed by atoms with van der Waals surface area (Å²) in [6, 6.07) is -1.94. The maximum Gasteiger partial charge on any atom is 0.259 e. The highest BCUT2D eigenvalue weighted by atomic mass is 19.2. The number of hydrogen-bond donors (Lipinski definition) is 0. The first-order chi connectivity index (χ1) is 24.6. The lowest BCUT2D eigenvalue weighted by Gasteiger charge is -2.31. The number of hydrogen-bond acceptors (Lipinski definition) is 6. The van der Waals surface area contributed by atoms with Crippen LogP contribution >= 0.6 is 0 Å². The van der Waals surface area contributed by atoms with Crippen LogP contribution in [-0.2, 0) is 6.42 Å². The molecule has 2 heterocycles. The van der Waals surface area contributed by atoms with Gasteiger partial charge in [0.05, 0.1) is 17.3 Å². The molecule has 1 atom stereocenters. The number of nitrogens with zero attached hydrogens (tertiary/aromatic N) is 4. The lowest BCUT2D eigenvalue weighted by Crippen LogP contribution is -2.42. The Kier molecular flexibility index (Phi) is 11.8. The molecule has 17 heteroatoms. The zero-order valence-corrected chi connectivity index (χ0v) is 30.4. The molecule has 0 N–H and O–H groups in total. The van der Waals surface area contributed by atoms with E-state index >= 15 is 26.3 Å². The monoisotopic (exact) mass is 760 g/mol. The largest absolute Gasteiger partial charge is 0.360 e. The number of aryl methyl sites for hydroxylation is 2. The summed E-state index contributed by atoms with van der Waals surface area (Å²) in [6.07, 6.45) is -1.12. The lowest BCUT2D eigenvalue weighted by atomic mass is 9.83. The Bertz CT molecular complexity index is 2000. The highest BCUT2D eigenvalue weighted by Crippen LogP contribution is 2.44. The van der Waals surface area contributed by atoms with Gasteiger partial charge in [0.2, 0.25) is 5.82 Å². The second kappa shape index (κ2) is 15.3. The van der Waals surface area contributed by atoms with Crippen LogP contribution in [0.25, 0.3) is 0 Å². The van der Waals surface area contributed by atoms with Crippen molar-refractivity contribution in [1.29, 1.82) is 0 Å². The van der Waals surface area contributed by atoms with Gasteiger partial charge in [-0.15, -0.1) is 0 Å². The highest BCUT2D eigenvalue weighted by Gasteiger charge is 2.43. The quantitative estimate of drug-likeness (QED) is 0.0863. The van der Waals surface area contributed by atoms with Crippen molar-refractivity contribution in [2.24, 2.45) is 0 Å². The van der Waals surface area contributed by atoms with Gasteiger partial charge in [-0.25, -0.2) is 39.5 Å². The molecular weight excluding hydrogens is 723 g/mol. The van der Waals surface area contributed by atoms with Crippen molar-refractivity contribution in [2.45, 2.75) is 106 Å². The lowest BCUT2D eigenvalue weighted by molar-refractivity contribution is 0.0631. The van der Waals surface area contributed by atoms with E-state index in [1.807, 2.05) is 0 Å². The molecule has 4 aromatic rings. The third-order valence-corrected chi connectivity index (χ3v) is 8.75. The number of carbonyl (C=O) groups is 2. The smallest absolute Gasteiger partial charge is 0.259 e. The van der Waals surface area contributed by atoms with Crippen LogP contribution in [0.5, 0.6) is 0 Å². The predicted molar refractivity (Wildman–Crippen MR) is 172 cm³/mol. The fourth-order valence-electron chi connectivity index (χ4n) is 6.59. The maximum atomic E-state index is 16.4. The zero-order chi connectivity index (χ0) is 40.1. The molecule has 0 spiro atoms. The molecule has 1 unspecified atom stereocenters. The molecule has 0 aliphatic heterocycles. The zero-order valence-electron chi connectivity index (χ0n) is 30.4. The Hall–Kier alpha value is -4.83. The summed E-state index contributed by atoms with van der Waals surface area (Å²) in [4.78, 5) is 30.0. The van der Waals surface area contributed by atoms with E-state index in [9.17, 15) is 22.8 Å². The van der Waals surface area contributed by atoms with E-state index < -0.39 is 122 Å². The molecule has 0 aliphatic carbocycles. The van der Waals surface area contributed by atoms with Crippen LogP contribution in [0.4, 0.5) is 39.5 Å². The van der Waals surface area contributed by atoms with Gasteiger partial charge in [0.1, 0.15) is 11.1 Å². The first-order valence-electron chi connectivity index (χ1n) is 16.5. The van der Waals surface area contributed by atoms with Crippen molar-refractivity contribution in [1.82, 2.24) is 20.1 Å². The first kappa shape index (κ1) is 40.9. The van der Waals surface area contributed by atoms with E-state index in [1.54, 1.807) is 55.4 Å². The van der Waals surface area contributed by atoms with E-state index in [2.05, 4.69) is 10.3 Å². The SMILES string of the molecule is Cc1noc(Cc2c(F)c(F)c(C(c3onc(C)c3C(=O)N(C(C)C)C(C)C)c3c(F)c(F)c(F)c(F)c3F)c(F)c2F)c1C(=O)N(C(C)C)C(C)C. The number of benzene rings is 2. The van der Waals surface area contributed by atoms with Gasteiger partial charge in [0.15, 0.2) is 58.1 Å². The van der Waals surface area contributed by atoms with Crippen molar-refractivity contribution in [3.05, 3.63) is 103 Å². The second-order valence-corrected chi connectivity index (χ2v) is 13.6. The number of aromatic nitrogens is 2. The molecule has 0 radical (unpaired) electrons. The standard InChI is InChI=1S/C36H37F9N4O4/c1-12(2)48(13(3)4)35(50)20-16(9)46-52-19(20)11-18-25(37)27(39)23(28(40)26(18)38)22(24-29(41)31(43)33(45)32(44)30(24)42)34-21(17(10)47-53-34)36(51)49(14(5)6)15(7)8/h12-15,22H,11H2,1-10H3. The molecule has 0 aliphatic rings. The molecule has 288 valence electrons. The molecule has 2 aromatic heterocycles. The molecule has 2 aromatic carbocycles. The number of halogens is 9. The van der Waals surface area contributed by atoms with E-state index in [0.717, 1.165) is 6.92 Å². The van der Waals surface area contributed by atoms with Crippen LogP contribution < -0.4 is 0 Å². The molecule has 0 saturated heterocycles. The van der Waals surface area contributed by atoms with Gasteiger partial charge in [-0.3, -0.25) is 9.59 Å². The van der Waals surface area contributed by atoms with Crippen LogP contribution in [0.1, 0.15) is 122 Å². The summed E-state index contributed by atoms with van der Waals surface area (Å²) in [5, 5.41) is 7.24. The van der Waals surface area contributed by atoms with E-state index in [4.69, 9.17) is 9.05 Å². The van der Waals surface area contributed by atoms with Gasteiger partial charge in [-0.1, -0.05) is 10.3 Å². The molecule has 4 rings (SSSR count). The fourth-order valence-corrected chi connectivity index (χ4v) is 6.59. The summed E-state index contributed by atoms with van der Waals surface area (Å²) in [6.45, 7) is 15.6. The van der Waals surface area contributed by atoms with Crippen LogP contribution in [-0.4, -0.2) is 56.1 Å². The Morgan fingerprint density at radius 3 is 1.28 bits per heavy atom. The molecule has 2 amide bonds. The van der Waals surface area contributed by atoms with Crippen molar-refractivity contribution >= 4 is 11.8 Å². The van der Waals surface area contributed by atoms with Crippen LogP contribution in [0.2, 0.25) is 0 Å². The van der Waals surface area contributed by atoms with Gasteiger partial charge in [-0.2, -0.15) is 0 Å². The third-order valence-electron chi connectivity index (χ3n) is 8.75. The molecule has 0 fully saturated rings. The molecule has 8 nitrogen and oxygen atoms in total. The predicted octanol–water partition coefficient (Wildman–Crippen LogP) is 8.82. The van der Waals surface area contributed by atoms with Crippen molar-refractivity contribution in [2.75, 3.05) is 0 Å². The van der Waals surface area contributed by atoms with Crippen LogP contribution in [0.15, 0.2) is 9.05 Å². The normalized spacial score (nSPS) is 12.5. The summed E-state index contributed by atoms with van der Waals surface area (Å²) in [5.41, 5.74) is -6.61. The number of rotatable bonds is 11. The van der Waals surface area contributed by atoms with Crippen molar-refractivity contribution < 1.29 is 58.1 Å². The Morgan fingerprint density at radius 2 is 0.868 bits per heavy atom. The Labute approximate surface area is 298 Å². The van der Waals surface area contributed by atoms with E-state index in [-0.39, 0.29) is 29.0 Å². The fraction of sp³-hybridized carbons (Fsp3) is 0.444. The number of amides is 2. The average molecular weight is 761 g/mol. The summed E-state index contributed by atoms with van der Waals surface area (Å²) in [5.74, 6) is -28.5. The topological polar surface area (TPSA) is 92.7 Å². The maximum absolute atomic E-state index is 16.4.